The summed E-state index contributed by atoms with van der Waals surface area (Å²) in [4.78, 5) is 4.20. The summed E-state index contributed by atoms with van der Waals surface area (Å²) in [5.41, 5.74) is 7.04. The first-order chi connectivity index (χ1) is 9.71. The molecule has 1 aromatic heterocycles. The van der Waals surface area contributed by atoms with Gasteiger partial charge in [-0.05, 0) is 36.6 Å². The molecule has 1 aromatic carbocycles. The van der Waals surface area contributed by atoms with Crippen LogP contribution in [0.2, 0.25) is 0 Å². The summed E-state index contributed by atoms with van der Waals surface area (Å²) in [6, 6.07) is 9.61. The van der Waals surface area contributed by atoms with Crippen LogP contribution in [0, 0.1) is 0 Å². The van der Waals surface area contributed by atoms with Crippen molar-refractivity contribution in [2.24, 2.45) is 5.73 Å². The van der Waals surface area contributed by atoms with E-state index in [0.29, 0.717) is 5.75 Å². The van der Waals surface area contributed by atoms with Gasteiger partial charge in [0.2, 0.25) is 0 Å². The Morgan fingerprint density at radius 2 is 1.95 bits per heavy atom. The summed E-state index contributed by atoms with van der Waals surface area (Å²) in [6.45, 7) is 2.08. The molecule has 0 aliphatic carbocycles. The fourth-order valence-electron chi connectivity index (χ4n) is 1.88. The third-order valence-corrected chi connectivity index (χ3v) is 3.07. The second-order valence-corrected chi connectivity index (χ2v) is 4.68. The van der Waals surface area contributed by atoms with E-state index in [1.54, 1.807) is 13.3 Å². The van der Waals surface area contributed by atoms with Crippen molar-refractivity contribution in [2.75, 3.05) is 7.11 Å². The van der Waals surface area contributed by atoms with Gasteiger partial charge in [-0.1, -0.05) is 13.0 Å². The molecule has 2 N–H and O–H groups in total. The van der Waals surface area contributed by atoms with Crippen LogP contribution >= 0.6 is 0 Å². The molecular weight excluding hydrogens is 252 g/mol. The molecule has 0 fully saturated rings. The number of nitrogens with two attached hydrogens (primary N) is 1. The summed E-state index contributed by atoms with van der Waals surface area (Å²) in [5, 5.41) is 0. The lowest BCUT2D eigenvalue weighted by Crippen LogP contribution is -2.21. The average Bonchev–Trinajstić information content (AvgIpc) is 2.47. The minimum absolute atomic E-state index is 0.156. The number of rotatable bonds is 6. The number of nitrogens with zero attached hydrogens (tertiary/aromatic N) is 1. The highest BCUT2D eigenvalue weighted by Gasteiger charge is 2.05. The van der Waals surface area contributed by atoms with Crippen molar-refractivity contribution in [3.05, 3.63) is 48.3 Å². The number of benzene rings is 1. The molecule has 20 heavy (non-hydrogen) atoms. The van der Waals surface area contributed by atoms with Crippen LogP contribution in [0.3, 0.4) is 0 Å². The Morgan fingerprint density at radius 1 is 1.15 bits per heavy atom. The maximum atomic E-state index is 5.96. The van der Waals surface area contributed by atoms with Crippen molar-refractivity contribution in [2.45, 2.75) is 25.8 Å². The first-order valence-electron chi connectivity index (χ1n) is 6.72. The summed E-state index contributed by atoms with van der Waals surface area (Å²) in [7, 11) is 1.63. The predicted molar refractivity (Wildman–Crippen MR) is 79.3 cm³/mol. The van der Waals surface area contributed by atoms with Gasteiger partial charge in [0.25, 0.3) is 0 Å². The smallest absolute Gasteiger partial charge is 0.145 e. The number of hydrogen-bond donors (Lipinski definition) is 1. The molecule has 4 heteroatoms. The number of hydrogen-bond acceptors (Lipinski definition) is 4. The fourth-order valence-corrected chi connectivity index (χ4v) is 1.88. The molecule has 2 rings (SSSR count). The first kappa shape index (κ1) is 14.3. The number of ether oxygens (including phenoxy) is 2. The zero-order valence-electron chi connectivity index (χ0n) is 11.9. The summed E-state index contributed by atoms with van der Waals surface area (Å²) in [6.07, 6.45) is 5.27. The Kier molecular flexibility index (Phi) is 4.96. The monoisotopic (exact) mass is 272 g/mol. The van der Waals surface area contributed by atoms with E-state index in [-0.39, 0.29) is 6.04 Å². The van der Waals surface area contributed by atoms with Crippen LogP contribution in [0.25, 0.3) is 0 Å². The summed E-state index contributed by atoms with van der Waals surface area (Å²) < 4.78 is 11.0. The Balaban J connectivity index is 2.10. The van der Waals surface area contributed by atoms with Gasteiger partial charge in [-0.25, -0.2) is 0 Å². The molecule has 0 bridgehead atoms. The maximum absolute atomic E-state index is 5.96. The molecule has 106 valence electrons. The summed E-state index contributed by atoms with van der Waals surface area (Å²) in [5.74, 6) is 2.20. The van der Waals surface area contributed by atoms with E-state index >= 15 is 0 Å². The van der Waals surface area contributed by atoms with Crippen LogP contribution < -0.4 is 15.2 Å². The van der Waals surface area contributed by atoms with Crippen LogP contribution in [-0.4, -0.2) is 18.1 Å². The molecule has 0 saturated heterocycles. The first-order valence-corrected chi connectivity index (χ1v) is 6.72. The minimum atomic E-state index is 0.156. The summed E-state index contributed by atoms with van der Waals surface area (Å²) >= 11 is 0. The minimum Gasteiger partial charge on any atom is -0.497 e. The van der Waals surface area contributed by atoms with Gasteiger partial charge in [0.05, 0.1) is 13.3 Å². The highest BCUT2D eigenvalue weighted by atomic mass is 16.5. The van der Waals surface area contributed by atoms with Crippen LogP contribution in [0.1, 0.15) is 18.9 Å². The van der Waals surface area contributed by atoms with Crippen molar-refractivity contribution < 1.29 is 9.47 Å². The molecule has 4 nitrogen and oxygen atoms in total. The molecule has 0 radical (unpaired) electrons. The van der Waals surface area contributed by atoms with E-state index in [0.717, 1.165) is 29.9 Å². The second-order valence-electron chi connectivity index (χ2n) is 4.68. The van der Waals surface area contributed by atoms with Gasteiger partial charge in [0.15, 0.2) is 0 Å². The molecule has 1 unspecified atom stereocenters. The van der Waals surface area contributed by atoms with Gasteiger partial charge in [0.1, 0.15) is 17.2 Å². The molecule has 0 spiro atoms. The lowest BCUT2D eigenvalue weighted by molar-refractivity contribution is 0.409. The highest BCUT2D eigenvalue weighted by Crippen LogP contribution is 2.25. The molecule has 2 aromatic rings. The van der Waals surface area contributed by atoms with Gasteiger partial charge >= 0.3 is 0 Å². The zero-order chi connectivity index (χ0) is 14.4. The van der Waals surface area contributed by atoms with Gasteiger partial charge < -0.3 is 15.2 Å². The Hall–Kier alpha value is -2.07. The lowest BCUT2D eigenvalue weighted by Gasteiger charge is -2.10. The quantitative estimate of drug-likeness (QED) is 0.877. The van der Waals surface area contributed by atoms with Gasteiger partial charge in [0, 0.05) is 18.3 Å². The zero-order valence-corrected chi connectivity index (χ0v) is 11.9. The van der Waals surface area contributed by atoms with Crippen LogP contribution in [-0.2, 0) is 6.42 Å². The number of aromatic nitrogens is 1. The van der Waals surface area contributed by atoms with Gasteiger partial charge in [-0.2, -0.15) is 0 Å². The molecule has 0 aliphatic heterocycles. The van der Waals surface area contributed by atoms with Crippen LogP contribution in [0.5, 0.6) is 17.2 Å². The van der Waals surface area contributed by atoms with Crippen molar-refractivity contribution >= 4 is 0 Å². The molecule has 0 aliphatic rings. The third kappa shape index (κ3) is 3.96. The third-order valence-electron chi connectivity index (χ3n) is 3.07. The van der Waals surface area contributed by atoms with Crippen LogP contribution in [0.4, 0.5) is 0 Å². The number of pyridine rings is 1. The van der Waals surface area contributed by atoms with Crippen molar-refractivity contribution in [1.82, 2.24) is 4.98 Å². The van der Waals surface area contributed by atoms with Crippen LogP contribution in [0.15, 0.2) is 42.7 Å². The van der Waals surface area contributed by atoms with Crippen molar-refractivity contribution in [1.29, 1.82) is 0 Å². The Morgan fingerprint density at radius 3 is 2.70 bits per heavy atom. The maximum Gasteiger partial charge on any atom is 0.145 e. The second kappa shape index (κ2) is 6.91. The van der Waals surface area contributed by atoms with E-state index in [1.165, 1.54) is 0 Å². The van der Waals surface area contributed by atoms with Crippen molar-refractivity contribution in [3.8, 4) is 17.2 Å². The van der Waals surface area contributed by atoms with E-state index in [2.05, 4.69) is 11.9 Å². The van der Waals surface area contributed by atoms with Crippen molar-refractivity contribution in [3.63, 3.8) is 0 Å². The molecule has 0 saturated carbocycles. The van der Waals surface area contributed by atoms with E-state index < -0.39 is 0 Å². The predicted octanol–water partition coefficient (Wildman–Crippen LogP) is 3.16. The SMILES string of the molecule is CCC(N)Cc1cncc(Oc2cccc(OC)c2)c1. The van der Waals surface area contributed by atoms with Gasteiger partial charge in [-0.3, -0.25) is 4.98 Å². The topological polar surface area (TPSA) is 57.4 Å². The van der Waals surface area contributed by atoms with E-state index in [4.69, 9.17) is 15.2 Å². The fraction of sp³-hybridized carbons (Fsp3) is 0.312. The molecule has 0 amide bonds. The molecule has 1 atom stereocenters. The normalized spacial score (nSPS) is 11.9. The van der Waals surface area contributed by atoms with E-state index in [1.807, 2.05) is 36.5 Å². The van der Waals surface area contributed by atoms with Gasteiger partial charge in [-0.15, -0.1) is 0 Å². The average molecular weight is 272 g/mol. The molecule has 1 heterocycles. The lowest BCUT2D eigenvalue weighted by atomic mass is 10.1. The molecular formula is C16H20N2O2. The standard InChI is InChI=1S/C16H20N2O2/c1-3-13(17)7-12-8-16(11-18-10-12)20-15-6-4-5-14(9-15)19-2/h4-6,8-11,13H,3,7,17H2,1-2H3. The number of methoxy groups -OCH3 is 1. The highest BCUT2D eigenvalue weighted by molar-refractivity contribution is 5.36. The largest absolute Gasteiger partial charge is 0.497 e. The Labute approximate surface area is 119 Å². The van der Waals surface area contributed by atoms with E-state index in [9.17, 15) is 0 Å². The Bertz CT molecular complexity index is 558.